The Morgan fingerprint density at radius 3 is 2.31 bits per heavy atom. The summed E-state index contributed by atoms with van der Waals surface area (Å²) in [6.07, 6.45) is -0.664. The second-order valence-electron chi connectivity index (χ2n) is 10.9. The molecule has 5 amide bonds. The first-order chi connectivity index (χ1) is 19.9. The number of anilines is 1. The molecule has 5 atom stereocenters. The van der Waals surface area contributed by atoms with Gasteiger partial charge in [0.1, 0.15) is 6.04 Å². The third-order valence-corrected chi connectivity index (χ3v) is 6.76. The predicted molar refractivity (Wildman–Crippen MR) is 155 cm³/mol. The Labute approximate surface area is 246 Å². The summed E-state index contributed by atoms with van der Waals surface area (Å²) < 4.78 is 10.8. The highest BCUT2D eigenvalue weighted by Crippen LogP contribution is 2.23. The lowest BCUT2D eigenvalue weighted by Gasteiger charge is -2.32. The average molecular weight is 590 g/mol. The molecular weight excluding hydrogens is 546 g/mol. The van der Waals surface area contributed by atoms with Gasteiger partial charge < -0.3 is 35.8 Å². The average Bonchev–Trinajstić information content (AvgIpc) is 2.93. The van der Waals surface area contributed by atoms with Crippen LogP contribution in [0.25, 0.3) is 0 Å². The number of carbonyl (C=O) groups is 5. The fraction of sp³-hybridized carbons (Fsp3) is 0.552. The number of ether oxygens (including phenoxy) is 2. The van der Waals surface area contributed by atoms with Crippen LogP contribution in [0.15, 0.2) is 36.9 Å². The number of nitrogens with one attached hydrogen (secondary N) is 4. The molecule has 0 saturated carbocycles. The minimum Gasteiger partial charge on any atom is -0.431 e. The fourth-order valence-electron chi connectivity index (χ4n) is 4.52. The summed E-state index contributed by atoms with van der Waals surface area (Å²) in [6.45, 7) is 11.2. The van der Waals surface area contributed by atoms with Crippen LogP contribution in [0.4, 0.5) is 10.5 Å². The van der Waals surface area contributed by atoms with Crippen molar-refractivity contribution in [2.75, 3.05) is 32.1 Å². The van der Waals surface area contributed by atoms with Gasteiger partial charge in [-0.2, -0.15) is 0 Å². The normalized spacial score (nSPS) is 18.7. The van der Waals surface area contributed by atoms with Crippen molar-refractivity contribution in [3.63, 3.8) is 0 Å². The molecule has 13 heteroatoms. The van der Waals surface area contributed by atoms with E-state index in [1.54, 1.807) is 19.9 Å². The van der Waals surface area contributed by atoms with Crippen molar-refractivity contribution < 1.29 is 38.6 Å². The first-order valence-electron chi connectivity index (χ1n) is 13.9. The van der Waals surface area contributed by atoms with Gasteiger partial charge in [-0.15, -0.1) is 6.58 Å². The zero-order valence-electron chi connectivity index (χ0n) is 24.8. The fourth-order valence-corrected chi connectivity index (χ4v) is 4.52. The lowest BCUT2D eigenvalue weighted by molar-refractivity contribution is -0.134. The van der Waals surface area contributed by atoms with Crippen molar-refractivity contribution in [2.24, 2.45) is 11.8 Å². The molecule has 1 aliphatic rings. The van der Waals surface area contributed by atoms with E-state index in [4.69, 9.17) is 9.47 Å². The maximum absolute atomic E-state index is 13.3. The molecule has 1 aliphatic heterocycles. The maximum atomic E-state index is 13.3. The molecule has 13 nitrogen and oxygen atoms in total. The molecule has 0 spiro atoms. The van der Waals surface area contributed by atoms with Gasteiger partial charge in [-0.3, -0.25) is 24.1 Å². The summed E-state index contributed by atoms with van der Waals surface area (Å²) in [4.78, 5) is 64.1. The molecule has 1 unspecified atom stereocenters. The third kappa shape index (κ3) is 10.1. The SMILES string of the molecule is C=C[C@@H](NC(=O)[C@H](C(C)C)N(C)C(=O)OC(C(=O)NCC(=O)N[C@H]1COC[C@@H](O)C1)c1ccc(NC=O)cc1)C(C)C. The first kappa shape index (κ1) is 34.2. The van der Waals surface area contributed by atoms with E-state index in [0.717, 1.165) is 4.90 Å². The number of hydrogen-bond donors (Lipinski definition) is 5. The number of amides is 5. The van der Waals surface area contributed by atoms with E-state index >= 15 is 0 Å². The van der Waals surface area contributed by atoms with E-state index < -0.39 is 54.7 Å². The Balaban J connectivity index is 2.19. The van der Waals surface area contributed by atoms with E-state index in [9.17, 15) is 29.1 Å². The maximum Gasteiger partial charge on any atom is 0.411 e. The van der Waals surface area contributed by atoms with E-state index in [1.807, 2.05) is 13.8 Å². The van der Waals surface area contributed by atoms with Crippen molar-refractivity contribution in [1.82, 2.24) is 20.9 Å². The molecule has 42 heavy (non-hydrogen) atoms. The molecule has 0 radical (unpaired) electrons. The lowest BCUT2D eigenvalue weighted by atomic mass is 9.99. The summed E-state index contributed by atoms with van der Waals surface area (Å²) in [7, 11) is 1.41. The van der Waals surface area contributed by atoms with Crippen molar-refractivity contribution >= 4 is 35.9 Å². The van der Waals surface area contributed by atoms with Gasteiger partial charge in [0.05, 0.1) is 31.9 Å². The highest BCUT2D eigenvalue weighted by Gasteiger charge is 2.35. The molecule has 1 saturated heterocycles. The molecule has 0 bridgehead atoms. The molecule has 1 heterocycles. The highest BCUT2D eigenvalue weighted by atomic mass is 16.6. The van der Waals surface area contributed by atoms with Crippen LogP contribution in [-0.2, 0) is 28.7 Å². The van der Waals surface area contributed by atoms with Crippen LogP contribution in [0, 0.1) is 11.8 Å². The Kier molecular flexibility index (Phi) is 13.4. The van der Waals surface area contributed by atoms with Gasteiger partial charge in [-0.1, -0.05) is 45.9 Å². The van der Waals surface area contributed by atoms with E-state index in [0.29, 0.717) is 18.5 Å². The first-order valence-corrected chi connectivity index (χ1v) is 13.9. The predicted octanol–water partition coefficient (Wildman–Crippen LogP) is 1.10. The van der Waals surface area contributed by atoms with Crippen LogP contribution < -0.4 is 21.3 Å². The second kappa shape index (κ2) is 16.5. The molecule has 0 aromatic heterocycles. The quantitative estimate of drug-likeness (QED) is 0.158. The summed E-state index contributed by atoms with van der Waals surface area (Å²) in [5.74, 6) is -1.92. The standard InChI is InChI=1S/C29H43N5O8/c1-7-23(17(2)3)33-27(38)25(18(4)5)34(6)29(40)42-26(19-8-10-20(11-9-19)31-16-35)28(39)30-13-24(37)32-21-12-22(36)15-41-14-21/h7-11,16-18,21-23,25-26,36H,1,12-15H2,2-6H3,(H,30,39)(H,31,35)(H,32,37)(H,33,38)/t21-,22+,23-,25+,26?/m1/s1. The molecule has 5 N–H and O–H groups in total. The van der Waals surface area contributed by atoms with Crippen molar-refractivity contribution in [1.29, 1.82) is 0 Å². The van der Waals surface area contributed by atoms with Crippen LogP contribution in [0.1, 0.15) is 45.8 Å². The Bertz CT molecular complexity index is 1090. The smallest absolute Gasteiger partial charge is 0.411 e. The number of carbonyl (C=O) groups excluding carboxylic acids is 5. The van der Waals surface area contributed by atoms with Crippen LogP contribution in [0.3, 0.4) is 0 Å². The van der Waals surface area contributed by atoms with E-state index in [-0.39, 0.29) is 36.7 Å². The molecule has 1 aromatic rings. The molecule has 0 aliphatic carbocycles. The second-order valence-corrected chi connectivity index (χ2v) is 10.9. The van der Waals surface area contributed by atoms with Crippen LogP contribution in [0.5, 0.6) is 0 Å². The summed E-state index contributed by atoms with van der Waals surface area (Å²) in [5, 5.41) is 20.3. The minimum absolute atomic E-state index is 0.0779. The largest absolute Gasteiger partial charge is 0.431 e. The third-order valence-electron chi connectivity index (χ3n) is 6.76. The topological polar surface area (TPSA) is 175 Å². The zero-order valence-corrected chi connectivity index (χ0v) is 24.8. The highest BCUT2D eigenvalue weighted by molar-refractivity contribution is 5.90. The number of hydrogen-bond acceptors (Lipinski definition) is 8. The van der Waals surface area contributed by atoms with Crippen LogP contribution >= 0.6 is 0 Å². The van der Waals surface area contributed by atoms with E-state index in [1.165, 1.54) is 31.3 Å². The Morgan fingerprint density at radius 2 is 1.76 bits per heavy atom. The minimum atomic E-state index is -1.48. The number of aliphatic hydroxyl groups excluding tert-OH is 1. The summed E-state index contributed by atoms with van der Waals surface area (Å²) >= 11 is 0. The molecule has 232 valence electrons. The van der Waals surface area contributed by atoms with Gasteiger partial charge in [0, 0.05) is 24.3 Å². The summed E-state index contributed by atoms with van der Waals surface area (Å²) in [6, 6.07) is 4.40. The molecule has 1 fully saturated rings. The number of likely N-dealkylation sites (N-methyl/N-ethyl adjacent to an activating group) is 1. The molecule has 1 aromatic carbocycles. The van der Waals surface area contributed by atoms with Crippen molar-refractivity contribution in [2.45, 2.75) is 64.4 Å². The number of nitrogens with zero attached hydrogens (tertiary/aromatic N) is 1. The lowest BCUT2D eigenvalue weighted by Crippen LogP contribution is -2.53. The van der Waals surface area contributed by atoms with Crippen LogP contribution in [0.2, 0.25) is 0 Å². The molecular formula is C29H43N5O8. The molecule has 2 rings (SSSR count). The zero-order chi connectivity index (χ0) is 31.4. The van der Waals surface area contributed by atoms with Gasteiger partial charge in [-0.25, -0.2) is 4.79 Å². The van der Waals surface area contributed by atoms with Gasteiger partial charge >= 0.3 is 6.09 Å². The van der Waals surface area contributed by atoms with Gasteiger partial charge in [0.25, 0.3) is 5.91 Å². The van der Waals surface area contributed by atoms with Gasteiger partial charge in [0.2, 0.25) is 24.3 Å². The van der Waals surface area contributed by atoms with Gasteiger partial charge in [-0.05, 0) is 30.4 Å². The summed E-state index contributed by atoms with van der Waals surface area (Å²) in [5.41, 5.74) is 0.720. The monoisotopic (exact) mass is 589 g/mol. The Morgan fingerprint density at radius 1 is 1.10 bits per heavy atom. The number of benzene rings is 1. The van der Waals surface area contributed by atoms with E-state index in [2.05, 4.69) is 27.8 Å². The number of rotatable bonds is 14. The van der Waals surface area contributed by atoms with Crippen molar-refractivity contribution in [3.05, 3.63) is 42.5 Å². The van der Waals surface area contributed by atoms with Crippen LogP contribution in [-0.4, -0.2) is 91.3 Å². The van der Waals surface area contributed by atoms with Crippen molar-refractivity contribution in [3.8, 4) is 0 Å². The van der Waals surface area contributed by atoms with Gasteiger partial charge in [0.15, 0.2) is 0 Å². The number of aliphatic hydroxyl groups is 1. The Hall–Kier alpha value is -3.97.